The van der Waals surface area contributed by atoms with Gasteiger partial charge in [0.1, 0.15) is 18.3 Å². The van der Waals surface area contributed by atoms with Gasteiger partial charge in [-0.1, -0.05) is 24.6 Å². The van der Waals surface area contributed by atoms with Crippen molar-refractivity contribution in [1.29, 1.82) is 0 Å². The first kappa shape index (κ1) is 15.9. The lowest BCUT2D eigenvalue weighted by Crippen LogP contribution is -2.14. The number of aryl methyl sites for hydroxylation is 2. The van der Waals surface area contributed by atoms with Gasteiger partial charge in [0, 0.05) is 12.1 Å². The molecule has 0 fully saturated rings. The maximum absolute atomic E-state index is 12.6. The third kappa shape index (κ3) is 3.05. The highest BCUT2D eigenvalue weighted by atomic mass is 16.1. The molecule has 2 heterocycles. The van der Waals surface area contributed by atoms with Crippen molar-refractivity contribution >= 4 is 11.6 Å². The maximum atomic E-state index is 12.6. The van der Waals surface area contributed by atoms with Crippen LogP contribution in [0.2, 0.25) is 0 Å². The van der Waals surface area contributed by atoms with Gasteiger partial charge in [0.05, 0.1) is 5.69 Å². The fourth-order valence-electron chi connectivity index (χ4n) is 2.49. The van der Waals surface area contributed by atoms with Crippen LogP contribution in [0.15, 0.2) is 36.9 Å². The first-order valence-corrected chi connectivity index (χ1v) is 7.90. The van der Waals surface area contributed by atoms with Gasteiger partial charge in [0.15, 0.2) is 5.82 Å². The molecule has 7 nitrogen and oxygen atoms in total. The first-order valence-electron chi connectivity index (χ1n) is 7.90. The Morgan fingerprint density at radius 2 is 1.79 bits per heavy atom. The highest BCUT2D eigenvalue weighted by Gasteiger charge is 2.19. The van der Waals surface area contributed by atoms with Gasteiger partial charge in [-0.3, -0.25) is 14.0 Å². The summed E-state index contributed by atoms with van der Waals surface area (Å²) >= 11 is 0. The van der Waals surface area contributed by atoms with Crippen molar-refractivity contribution < 1.29 is 4.79 Å². The number of amides is 1. The summed E-state index contributed by atoms with van der Waals surface area (Å²) in [5.41, 5.74) is 3.30. The van der Waals surface area contributed by atoms with Crippen LogP contribution in [0, 0.1) is 13.8 Å². The van der Waals surface area contributed by atoms with Gasteiger partial charge < -0.3 is 5.32 Å². The van der Waals surface area contributed by atoms with Gasteiger partial charge in [0.2, 0.25) is 0 Å². The van der Waals surface area contributed by atoms with E-state index < -0.39 is 0 Å². The molecule has 3 rings (SSSR count). The van der Waals surface area contributed by atoms with E-state index in [9.17, 15) is 4.79 Å². The van der Waals surface area contributed by atoms with E-state index in [1.54, 1.807) is 17.2 Å². The molecule has 0 aliphatic carbocycles. The molecule has 0 saturated heterocycles. The molecule has 0 aliphatic rings. The highest BCUT2D eigenvalue weighted by Crippen LogP contribution is 2.24. The van der Waals surface area contributed by atoms with E-state index >= 15 is 0 Å². The summed E-state index contributed by atoms with van der Waals surface area (Å²) < 4.78 is 3.59. The van der Waals surface area contributed by atoms with Crippen LogP contribution in [-0.4, -0.2) is 30.5 Å². The lowest BCUT2D eigenvalue weighted by atomic mass is 10.1. The van der Waals surface area contributed by atoms with Crippen LogP contribution in [0.25, 0.3) is 5.82 Å². The Morgan fingerprint density at radius 1 is 1.12 bits per heavy atom. The zero-order valence-electron chi connectivity index (χ0n) is 14.0. The van der Waals surface area contributed by atoms with Gasteiger partial charge in [-0.05, 0) is 32.4 Å². The molecule has 1 amide bonds. The van der Waals surface area contributed by atoms with E-state index in [0.717, 1.165) is 24.2 Å². The maximum Gasteiger partial charge on any atom is 0.255 e. The number of nitrogens with zero attached hydrogens (tertiary/aromatic N) is 5. The number of rotatable bonds is 5. The molecule has 3 aromatic rings. The van der Waals surface area contributed by atoms with Crippen LogP contribution in [0.5, 0.6) is 0 Å². The minimum absolute atomic E-state index is 0.163. The van der Waals surface area contributed by atoms with E-state index in [1.807, 2.05) is 42.8 Å². The molecule has 24 heavy (non-hydrogen) atoms. The second-order valence-corrected chi connectivity index (χ2v) is 5.70. The van der Waals surface area contributed by atoms with Crippen molar-refractivity contribution in [2.24, 2.45) is 0 Å². The third-order valence-electron chi connectivity index (χ3n) is 3.84. The molecule has 7 heteroatoms. The van der Waals surface area contributed by atoms with Crippen molar-refractivity contribution in [3.63, 3.8) is 0 Å². The number of hydrogen-bond acceptors (Lipinski definition) is 4. The van der Waals surface area contributed by atoms with Crippen molar-refractivity contribution in [2.45, 2.75) is 33.7 Å². The molecular weight excluding hydrogens is 304 g/mol. The first-order chi connectivity index (χ1) is 11.6. The van der Waals surface area contributed by atoms with Gasteiger partial charge >= 0.3 is 0 Å². The summed E-state index contributed by atoms with van der Waals surface area (Å²) in [6.07, 6.45) is 4.09. The molecule has 0 radical (unpaired) electrons. The summed E-state index contributed by atoms with van der Waals surface area (Å²) in [7, 11) is 0. The summed E-state index contributed by atoms with van der Waals surface area (Å²) in [4.78, 5) is 12.6. The van der Waals surface area contributed by atoms with Gasteiger partial charge in [-0.2, -0.15) is 5.10 Å². The molecule has 0 aliphatic heterocycles. The fraction of sp³-hybridized carbons (Fsp3) is 0.294. The minimum Gasteiger partial charge on any atom is -0.317 e. The van der Waals surface area contributed by atoms with Gasteiger partial charge in [-0.25, -0.2) is 0 Å². The van der Waals surface area contributed by atoms with E-state index in [-0.39, 0.29) is 5.91 Å². The van der Waals surface area contributed by atoms with Gasteiger partial charge in [-0.15, -0.1) is 10.2 Å². The number of benzene rings is 1. The van der Waals surface area contributed by atoms with E-state index in [2.05, 4.69) is 27.5 Å². The number of anilines is 1. The van der Waals surface area contributed by atoms with E-state index in [1.165, 1.54) is 0 Å². The van der Waals surface area contributed by atoms with Crippen LogP contribution in [0.4, 0.5) is 5.69 Å². The topological polar surface area (TPSA) is 77.6 Å². The Bertz CT molecular complexity index is 833. The molecule has 1 aromatic carbocycles. The number of aromatic nitrogens is 5. The number of nitrogens with one attached hydrogen (secondary N) is 1. The molecule has 1 N–H and O–H groups in total. The van der Waals surface area contributed by atoms with Crippen LogP contribution in [0.3, 0.4) is 0 Å². The molecule has 124 valence electrons. The lowest BCUT2D eigenvalue weighted by Gasteiger charge is -2.07. The van der Waals surface area contributed by atoms with Crippen LogP contribution in [-0.2, 0) is 6.54 Å². The van der Waals surface area contributed by atoms with Crippen molar-refractivity contribution in [3.8, 4) is 5.82 Å². The van der Waals surface area contributed by atoms with Crippen molar-refractivity contribution in [3.05, 3.63) is 53.7 Å². The summed E-state index contributed by atoms with van der Waals surface area (Å²) in [6, 6.07) is 7.47. The molecule has 0 atom stereocenters. The number of hydrogen-bond donors (Lipinski definition) is 1. The van der Waals surface area contributed by atoms with Crippen molar-refractivity contribution in [2.75, 3.05) is 5.32 Å². The Labute approximate surface area is 140 Å². The normalized spacial score (nSPS) is 10.8. The number of carbonyl (C=O) groups excluding carboxylic acids is 1. The number of carbonyl (C=O) groups is 1. The zero-order valence-corrected chi connectivity index (χ0v) is 14.0. The largest absolute Gasteiger partial charge is 0.317 e. The Balaban J connectivity index is 1.96. The lowest BCUT2D eigenvalue weighted by molar-refractivity contribution is 0.102. The highest BCUT2D eigenvalue weighted by molar-refractivity contribution is 6.05. The van der Waals surface area contributed by atoms with Crippen molar-refractivity contribution in [1.82, 2.24) is 24.5 Å². The third-order valence-corrected chi connectivity index (χ3v) is 3.84. The predicted molar refractivity (Wildman–Crippen MR) is 91.3 cm³/mol. The predicted octanol–water partition coefficient (Wildman–Crippen LogP) is 2.74. The molecule has 0 unspecified atom stereocenters. The zero-order chi connectivity index (χ0) is 17.1. The monoisotopic (exact) mass is 324 g/mol. The van der Waals surface area contributed by atoms with Crippen LogP contribution in [0.1, 0.15) is 35.0 Å². The molecule has 0 saturated carbocycles. The van der Waals surface area contributed by atoms with E-state index in [0.29, 0.717) is 17.1 Å². The fourth-order valence-corrected chi connectivity index (χ4v) is 2.49. The molecular formula is C17H20N6O. The Kier molecular flexibility index (Phi) is 4.41. The second kappa shape index (κ2) is 6.66. The average Bonchev–Trinajstić information content (AvgIpc) is 3.19. The van der Waals surface area contributed by atoms with Crippen LogP contribution >= 0.6 is 0 Å². The smallest absolute Gasteiger partial charge is 0.255 e. The summed E-state index contributed by atoms with van der Waals surface area (Å²) in [5.74, 6) is 0.454. The quantitative estimate of drug-likeness (QED) is 0.783. The minimum atomic E-state index is -0.163. The average molecular weight is 324 g/mol. The standard InChI is InChI=1S/C17H20N6O/c1-4-9-23-13(3)15(16(21-23)22-10-18-19-11-22)20-17(24)14-7-5-12(2)6-8-14/h5-8,10-11H,4,9H2,1-3H3,(H,20,24). The summed E-state index contributed by atoms with van der Waals surface area (Å²) in [5, 5.41) is 15.2. The molecule has 0 spiro atoms. The molecule has 0 bridgehead atoms. The van der Waals surface area contributed by atoms with Gasteiger partial charge in [0.25, 0.3) is 5.91 Å². The van der Waals surface area contributed by atoms with Crippen LogP contribution < -0.4 is 5.32 Å². The second-order valence-electron chi connectivity index (χ2n) is 5.70. The Hall–Kier alpha value is -2.96. The molecule has 2 aromatic heterocycles. The Morgan fingerprint density at radius 3 is 2.42 bits per heavy atom. The SMILES string of the molecule is CCCn1nc(-n2cnnc2)c(NC(=O)c2ccc(C)cc2)c1C. The summed E-state index contributed by atoms with van der Waals surface area (Å²) in [6.45, 7) is 6.80. The van der Waals surface area contributed by atoms with E-state index in [4.69, 9.17) is 0 Å².